The van der Waals surface area contributed by atoms with E-state index in [0.29, 0.717) is 12.3 Å². The third kappa shape index (κ3) is 5.31. The number of methoxy groups -OCH3 is 1. The molecule has 0 radical (unpaired) electrons. The van der Waals surface area contributed by atoms with E-state index in [1.54, 1.807) is 14.2 Å². The summed E-state index contributed by atoms with van der Waals surface area (Å²) in [6, 6.07) is 6.17. The largest absolute Gasteiger partial charge is 0.496 e. The van der Waals surface area contributed by atoms with Gasteiger partial charge in [-0.1, -0.05) is 18.2 Å². The number of benzene rings is 1. The average Bonchev–Trinajstić information content (AvgIpc) is 2.47. The maximum absolute atomic E-state index is 11.9. The van der Waals surface area contributed by atoms with Crippen molar-refractivity contribution in [1.29, 1.82) is 0 Å². The molecule has 0 aliphatic heterocycles. The number of para-hydroxylation sites is 1. The molecule has 0 aliphatic rings. The molecule has 0 saturated carbocycles. The van der Waals surface area contributed by atoms with Gasteiger partial charge in [0.1, 0.15) is 11.8 Å². The number of carboxylic acids is 1. The van der Waals surface area contributed by atoms with Crippen molar-refractivity contribution in [2.45, 2.75) is 19.0 Å². The van der Waals surface area contributed by atoms with Crippen LogP contribution >= 0.6 is 0 Å². The van der Waals surface area contributed by atoms with Gasteiger partial charge in [0.05, 0.1) is 13.7 Å². The van der Waals surface area contributed by atoms with Crippen LogP contribution in [0, 0.1) is 0 Å². The Morgan fingerprint density at radius 3 is 2.71 bits per heavy atom. The summed E-state index contributed by atoms with van der Waals surface area (Å²) in [5, 5.41) is 11.3. The Labute approximate surface area is 123 Å². The van der Waals surface area contributed by atoms with Gasteiger partial charge >= 0.3 is 12.0 Å². The van der Waals surface area contributed by atoms with E-state index in [1.165, 1.54) is 4.90 Å². The first-order valence-electron chi connectivity index (χ1n) is 6.55. The van der Waals surface area contributed by atoms with Crippen molar-refractivity contribution < 1.29 is 19.4 Å². The number of nitrogens with zero attached hydrogens (tertiary/aromatic N) is 1. The van der Waals surface area contributed by atoms with Gasteiger partial charge in [-0.15, -0.1) is 0 Å². The van der Waals surface area contributed by atoms with Gasteiger partial charge in [0, 0.05) is 19.2 Å². The highest BCUT2D eigenvalue weighted by atomic mass is 16.5. The zero-order chi connectivity index (χ0) is 15.8. The van der Waals surface area contributed by atoms with Crippen molar-refractivity contribution in [3.05, 3.63) is 29.8 Å². The van der Waals surface area contributed by atoms with E-state index >= 15 is 0 Å². The number of hydrogen-bond donors (Lipinski definition) is 3. The van der Waals surface area contributed by atoms with Crippen molar-refractivity contribution in [3.8, 4) is 5.75 Å². The summed E-state index contributed by atoms with van der Waals surface area (Å²) in [6.07, 6.45) is 0.184. The van der Waals surface area contributed by atoms with Gasteiger partial charge in [-0.2, -0.15) is 0 Å². The predicted octanol–water partition coefficient (Wildman–Crippen LogP) is 0.639. The third-order valence-corrected chi connectivity index (χ3v) is 3.00. The minimum Gasteiger partial charge on any atom is -0.496 e. The van der Waals surface area contributed by atoms with Crippen molar-refractivity contribution >= 4 is 12.0 Å². The molecule has 0 aliphatic carbocycles. The molecule has 1 aromatic carbocycles. The smallest absolute Gasteiger partial charge is 0.320 e. The second kappa shape index (κ2) is 8.11. The highest BCUT2D eigenvalue weighted by Crippen LogP contribution is 2.18. The molecule has 0 unspecified atom stereocenters. The second-order valence-electron chi connectivity index (χ2n) is 4.63. The molecule has 7 nitrogen and oxygen atoms in total. The van der Waals surface area contributed by atoms with Gasteiger partial charge in [0.2, 0.25) is 0 Å². The molecule has 116 valence electrons. The average molecular weight is 295 g/mol. The van der Waals surface area contributed by atoms with E-state index in [0.717, 1.165) is 5.56 Å². The summed E-state index contributed by atoms with van der Waals surface area (Å²) >= 11 is 0. The fourth-order valence-electron chi connectivity index (χ4n) is 1.75. The first-order valence-corrected chi connectivity index (χ1v) is 6.55. The lowest BCUT2D eigenvalue weighted by atomic mass is 10.2. The van der Waals surface area contributed by atoms with E-state index in [4.69, 9.17) is 15.6 Å². The van der Waals surface area contributed by atoms with Crippen LogP contribution in [0.5, 0.6) is 5.75 Å². The van der Waals surface area contributed by atoms with Crippen molar-refractivity contribution in [1.82, 2.24) is 10.2 Å². The number of nitrogens with two attached hydrogens (primary N) is 1. The second-order valence-corrected chi connectivity index (χ2v) is 4.63. The molecule has 0 aromatic heterocycles. The van der Waals surface area contributed by atoms with Gasteiger partial charge in [0.25, 0.3) is 0 Å². The molecule has 0 heterocycles. The summed E-state index contributed by atoms with van der Waals surface area (Å²) in [5.74, 6) is -0.364. The normalized spacial score (nSPS) is 11.6. The third-order valence-electron chi connectivity index (χ3n) is 3.00. The first-order chi connectivity index (χ1) is 9.95. The van der Waals surface area contributed by atoms with Crippen LogP contribution in [0.3, 0.4) is 0 Å². The summed E-state index contributed by atoms with van der Waals surface area (Å²) in [4.78, 5) is 23.9. The number of carbonyl (C=O) groups is 2. The van der Waals surface area contributed by atoms with Gasteiger partial charge in [-0.3, -0.25) is 4.79 Å². The number of urea groups is 1. The molecule has 0 fully saturated rings. The standard InChI is InChI=1S/C14H21N3O4/c1-17(9-10-5-3-4-6-12(10)21-2)14(20)16-8-7-11(15)13(18)19/h3-6,11H,7-9,15H2,1-2H3,(H,16,20)(H,18,19)/t11-/m0/s1. The van der Waals surface area contributed by atoms with E-state index in [9.17, 15) is 9.59 Å². The summed E-state index contributed by atoms with van der Waals surface area (Å²) in [7, 11) is 3.23. The summed E-state index contributed by atoms with van der Waals surface area (Å²) in [6.45, 7) is 0.601. The molecule has 21 heavy (non-hydrogen) atoms. The monoisotopic (exact) mass is 295 g/mol. The molecule has 0 spiro atoms. The van der Waals surface area contributed by atoms with Gasteiger partial charge < -0.3 is 25.8 Å². The number of aliphatic carboxylic acids is 1. The lowest BCUT2D eigenvalue weighted by Crippen LogP contribution is -2.40. The zero-order valence-corrected chi connectivity index (χ0v) is 12.2. The summed E-state index contributed by atoms with van der Waals surface area (Å²) in [5.41, 5.74) is 6.25. The highest BCUT2D eigenvalue weighted by molar-refractivity contribution is 5.75. The Morgan fingerprint density at radius 1 is 1.43 bits per heavy atom. The Kier molecular flexibility index (Phi) is 6.48. The molecule has 0 bridgehead atoms. The molecule has 0 saturated heterocycles. The van der Waals surface area contributed by atoms with Crippen LogP contribution in [-0.4, -0.2) is 48.8 Å². The number of carbonyl (C=O) groups excluding carboxylic acids is 1. The molecule has 1 atom stereocenters. The van der Waals surface area contributed by atoms with Crippen molar-refractivity contribution in [2.24, 2.45) is 5.73 Å². The quantitative estimate of drug-likeness (QED) is 0.684. The Balaban J connectivity index is 2.46. The topological polar surface area (TPSA) is 105 Å². The fourth-order valence-corrected chi connectivity index (χ4v) is 1.75. The van der Waals surface area contributed by atoms with Crippen LogP contribution in [0.25, 0.3) is 0 Å². The number of carboxylic acid groups (broad SMARTS) is 1. The zero-order valence-electron chi connectivity index (χ0n) is 12.2. The predicted molar refractivity (Wildman–Crippen MR) is 78.1 cm³/mol. The number of hydrogen-bond acceptors (Lipinski definition) is 4. The van der Waals surface area contributed by atoms with Gasteiger partial charge in [0.15, 0.2) is 0 Å². The minimum absolute atomic E-state index is 0.184. The van der Waals surface area contributed by atoms with Gasteiger partial charge in [-0.05, 0) is 12.5 Å². The van der Waals surface area contributed by atoms with Crippen LogP contribution in [0.2, 0.25) is 0 Å². The molecular weight excluding hydrogens is 274 g/mol. The highest BCUT2D eigenvalue weighted by Gasteiger charge is 2.14. The van der Waals surface area contributed by atoms with E-state index < -0.39 is 12.0 Å². The molecule has 4 N–H and O–H groups in total. The minimum atomic E-state index is -1.08. The Morgan fingerprint density at radius 2 is 2.10 bits per heavy atom. The SMILES string of the molecule is COc1ccccc1CN(C)C(=O)NCC[C@H](N)C(=O)O. The van der Waals surface area contributed by atoms with Crippen molar-refractivity contribution in [2.75, 3.05) is 20.7 Å². The lowest BCUT2D eigenvalue weighted by molar-refractivity contribution is -0.138. The van der Waals surface area contributed by atoms with E-state index in [-0.39, 0.29) is 19.0 Å². The maximum Gasteiger partial charge on any atom is 0.320 e. The number of rotatable bonds is 7. The Bertz CT molecular complexity index is 493. The Hall–Kier alpha value is -2.28. The maximum atomic E-state index is 11.9. The fraction of sp³-hybridized carbons (Fsp3) is 0.429. The van der Waals surface area contributed by atoms with Crippen LogP contribution in [0.1, 0.15) is 12.0 Å². The van der Waals surface area contributed by atoms with Gasteiger partial charge in [-0.25, -0.2) is 4.79 Å². The summed E-state index contributed by atoms with van der Waals surface area (Å²) < 4.78 is 5.22. The lowest BCUT2D eigenvalue weighted by Gasteiger charge is -2.19. The number of ether oxygens (including phenoxy) is 1. The van der Waals surface area contributed by atoms with Crippen LogP contribution in [0.15, 0.2) is 24.3 Å². The first kappa shape index (κ1) is 16.8. The van der Waals surface area contributed by atoms with E-state index in [2.05, 4.69) is 5.32 Å². The molecule has 1 rings (SSSR count). The van der Waals surface area contributed by atoms with Crippen molar-refractivity contribution in [3.63, 3.8) is 0 Å². The molecule has 1 aromatic rings. The molecule has 7 heteroatoms. The number of nitrogens with one attached hydrogen (secondary N) is 1. The van der Waals surface area contributed by atoms with Crippen LogP contribution in [0.4, 0.5) is 4.79 Å². The molecular formula is C14H21N3O4. The van der Waals surface area contributed by atoms with Crippen LogP contribution < -0.4 is 15.8 Å². The number of amides is 2. The van der Waals surface area contributed by atoms with Crippen LogP contribution in [-0.2, 0) is 11.3 Å². The van der Waals surface area contributed by atoms with E-state index in [1.807, 2.05) is 24.3 Å². The molecule has 2 amide bonds.